The van der Waals surface area contributed by atoms with Gasteiger partial charge in [-0.1, -0.05) is 0 Å². The zero-order valence-electron chi connectivity index (χ0n) is 18.4. The summed E-state index contributed by atoms with van der Waals surface area (Å²) in [4.78, 5) is 12.3. The smallest absolute Gasteiger partial charge is 0.220 e. The highest BCUT2D eigenvalue weighted by atomic mass is 19.1. The summed E-state index contributed by atoms with van der Waals surface area (Å²) >= 11 is 0. The van der Waals surface area contributed by atoms with E-state index in [9.17, 15) is 18.0 Å². The molecule has 0 saturated carbocycles. The number of hydrogen-bond donors (Lipinski definition) is 1. The second-order valence-electron chi connectivity index (χ2n) is 7.69. The van der Waals surface area contributed by atoms with Gasteiger partial charge < -0.3 is 10.1 Å². The summed E-state index contributed by atoms with van der Waals surface area (Å²) in [5.74, 6) is -1.29. The Kier molecular flexibility index (Phi) is 6.96. The van der Waals surface area contributed by atoms with E-state index in [1.807, 2.05) is 30.3 Å². The summed E-state index contributed by atoms with van der Waals surface area (Å²) in [7, 11) is 1.58. The van der Waals surface area contributed by atoms with Crippen molar-refractivity contribution in [2.75, 3.05) is 7.11 Å². The molecule has 0 fully saturated rings. The van der Waals surface area contributed by atoms with Gasteiger partial charge in [-0.2, -0.15) is 5.10 Å². The molecule has 0 aliphatic rings. The van der Waals surface area contributed by atoms with E-state index in [2.05, 4.69) is 10.4 Å². The van der Waals surface area contributed by atoms with Gasteiger partial charge in [0, 0.05) is 31.0 Å². The fourth-order valence-electron chi connectivity index (χ4n) is 3.54. The molecule has 34 heavy (non-hydrogen) atoms. The van der Waals surface area contributed by atoms with Gasteiger partial charge in [-0.15, -0.1) is 0 Å². The molecule has 0 aliphatic heterocycles. The molecule has 0 radical (unpaired) electrons. The maximum absolute atomic E-state index is 13.4. The number of nitrogens with one attached hydrogen (secondary N) is 1. The summed E-state index contributed by atoms with van der Waals surface area (Å²) < 4.78 is 47.0. The summed E-state index contributed by atoms with van der Waals surface area (Å²) in [6.45, 7) is 0.0225. The maximum atomic E-state index is 13.4. The average molecular weight is 465 g/mol. The molecule has 0 unspecified atom stereocenters. The molecule has 0 atom stereocenters. The molecule has 0 bridgehead atoms. The third kappa shape index (κ3) is 5.64. The molecule has 4 rings (SSSR count). The van der Waals surface area contributed by atoms with Crippen molar-refractivity contribution >= 4 is 5.91 Å². The van der Waals surface area contributed by atoms with Crippen LogP contribution in [0.1, 0.15) is 17.7 Å². The third-order valence-corrected chi connectivity index (χ3v) is 5.24. The number of halogens is 3. The molecule has 0 spiro atoms. The van der Waals surface area contributed by atoms with Crippen molar-refractivity contribution in [2.24, 2.45) is 0 Å². The molecule has 5 nitrogen and oxygen atoms in total. The van der Waals surface area contributed by atoms with Crippen molar-refractivity contribution < 1.29 is 22.7 Å². The summed E-state index contributed by atoms with van der Waals surface area (Å²) in [6, 6.07) is 18.4. The minimum absolute atomic E-state index is 0.0225. The fourth-order valence-corrected chi connectivity index (χ4v) is 3.54. The molecule has 0 aliphatic carbocycles. The van der Waals surface area contributed by atoms with E-state index in [1.165, 1.54) is 24.3 Å². The first-order chi connectivity index (χ1) is 16.4. The zero-order chi connectivity index (χ0) is 24.1. The quantitative estimate of drug-likeness (QED) is 0.389. The van der Waals surface area contributed by atoms with Gasteiger partial charge in [0.25, 0.3) is 0 Å². The van der Waals surface area contributed by atoms with Gasteiger partial charge in [-0.3, -0.25) is 4.79 Å². The van der Waals surface area contributed by atoms with Crippen LogP contribution in [0.3, 0.4) is 0 Å². The van der Waals surface area contributed by atoms with Gasteiger partial charge in [-0.05, 0) is 72.3 Å². The minimum Gasteiger partial charge on any atom is -0.497 e. The highest BCUT2D eigenvalue weighted by Gasteiger charge is 2.14. The number of carbonyl (C=O) groups is 1. The number of hydrogen-bond acceptors (Lipinski definition) is 3. The highest BCUT2D eigenvalue weighted by Crippen LogP contribution is 2.26. The Morgan fingerprint density at radius 1 is 0.912 bits per heavy atom. The van der Waals surface area contributed by atoms with Crippen molar-refractivity contribution in [2.45, 2.75) is 19.4 Å². The Morgan fingerprint density at radius 2 is 1.59 bits per heavy atom. The van der Waals surface area contributed by atoms with Crippen LogP contribution in [0.15, 0.2) is 72.8 Å². The molecule has 0 saturated heterocycles. The number of amides is 1. The number of aryl methyl sites for hydroxylation is 1. The molecular weight excluding hydrogens is 443 g/mol. The molecule has 4 aromatic rings. The average Bonchev–Trinajstić information content (AvgIpc) is 3.25. The Hall–Kier alpha value is -4.07. The molecular formula is C26H22F3N3O2. The van der Waals surface area contributed by atoms with Crippen molar-refractivity contribution in [3.8, 4) is 22.7 Å². The normalized spacial score (nSPS) is 10.8. The minimum atomic E-state index is -0.693. The highest BCUT2D eigenvalue weighted by molar-refractivity contribution is 5.76. The Bertz CT molecular complexity index is 1270. The van der Waals surface area contributed by atoms with E-state index in [1.54, 1.807) is 23.9 Å². The summed E-state index contributed by atoms with van der Waals surface area (Å²) in [5.41, 5.74) is 3.31. The molecule has 1 heterocycles. The van der Waals surface area contributed by atoms with Crippen LogP contribution >= 0.6 is 0 Å². The van der Waals surface area contributed by atoms with Crippen LogP contribution < -0.4 is 10.1 Å². The predicted octanol–water partition coefficient (Wildman–Crippen LogP) is 5.21. The largest absolute Gasteiger partial charge is 0.497 e. The van der Waals surface area contributed by atoms with Crippen LogP contribution in [-0.4, -0.2) is 22.8 Å². The number of rotatable bonds is 8. The van der Waals surface area contributed by atoms with Crippen LogP contribution in [0.4, 0.5) is 13.2 Å². The topological polar surface area (TPSA) is 56.2 Å². The zero-order valence-corrected chi connectivity index (χ0v) is 18.4. The Morgan fingerprint density at radius 3 is 2.24 bits per heavy atom. The van der Waals surface area contributed by atoms with Crippen LogP contribution in [0, 0.1) is 17.5 Å². The van der Waals surface area contributed by atoms with Gasteiger partial charge in [0.1, 0.15) is 23.2 Å². The molecule has 174 valence electrons. The lowest BCUT2D eigenvalue weighted by atomic mass is 10.1. The van der Waals surface area contributed by atoms with E-state index >= 15 is 0 Å². The standard InChI is InChI=1S/C26H22F3N3O2/c1-34-24-9-7-23(8-10-24)32-25(18-2-4-19(27)5-3-18)15-22(31-32)6-11-26(33)30-16-17-12-20(28)14-21(29)13-17/h2-5,7-10,12-15H,6,11,16H2,1H3,(H,30,33). The van der Waals surface area contributed by atoms with Crippen LogP contribution in [-0.2, 0) is 17.8 Å². The lowest BCUT2D eigenvalue weighted by molar-refractivity contribution is -0.121. The van der Waals surface area contributed by atoms with E-state index in [0.29, 0.717) is 23.4 Å². The van der Waals surface area contributed by atoms with Crippen molar-refractivity contribution in [1.29, 1.82) is 0 Å². The van der Waals surface area contributed by atoms with Gasteiger partial charge in [0.2, 0.25) is 5.91 Å². The molecule has 3 aromatic carbocycles. The van der Waals surface area contributed by atoms with E-state index in [4.69, 9.17) is 4.74 Å². The second kappa shape index (κ2) is 10.2. The predicted molar refractivity (Wildman–Crippen MR) is 122 cm³/mol. The summed E-state index contributed by atoms with van der Waals surface area (Å²) in [5, 5.41) is 7.32. The van der Waals surface area contributed by atoms with Gasteiger partial charge in [0.05, 0.1) is 24.2 Å². The fraction of sp³-hybridized carbons (Fsp3) is 0.154. The lowest BCUT2D eigenvalue weighted by Gasteiger charge is -2.08. The lowest BCUT2D eigenvalue weighted by Crippen LogP contribution is -2.23. The Balaban J connectivity index is 1.50. The van der Waals surface area contributed by atoms with Gasteiger partial charge >= 0.3 is 0 Å². The number of carbonyl (C=O) groups excluding carboxylic acids is 1. The van der Waals surface area contributed by atoms with Gasteiger partial charge in [-0.25, -0.2) is 17.9 Å². The molecule has 1 amide bonds. The Labute approximate surface area is 194 Å². The molecule has 1 N–H and O–H groups in total. The van der Waals surface area contributed by atoms with Crippen molar-refractivity contribution in [3.63, 3.8) is 0 Å². The summed E-state index contributed by atoms with van der Waals surface area (Å²) in [6.07, 6.45) is 0.487. The van der Waals surface area contributed by atoms with Crippen molar-refractivity contribution in [3.05, 3.63) is 102 Å². The number of nitrogens with zero attached hydrogens (tertiary/aromatic N) is 2. The number of methoxy groups -OCH3 is 1. The number of aromatic nitrogens is 2. The van der Waals surface area contributed by atoms with Crippen molar-refractivity contribution in [1.82, 2.24) is 15.1 Å². The van der Waals surface area contributed by atoms with Crippen LogP contribution in [0.25, 0.3) is 16.9 Å². The van der Waals surface area contributed by atoms with Crippen LogP contribution in [0.5, 0.6) is 5.75 Å². The van der Waals surface area contributed by atoms with E-state index in [0.717, 1.165) is 23.0 Å². The molecule has 8 heteroatoms. The first-order valence-electron chi connectivity index (χ1n) is 10.6. The van der Waals surface area contributed by atoms with E-state index in [-0.39, 0.29) is 24.7 Å². The maximum Gasteiger partial charge on any atom is 0.220 e. The first-order valence-corrected chi connectivity index (χ1v) is 10.6. The second-order valence-corrected chi connectivity index (χ2v) is 7.69. The van der Waals surface area contributed by atoms with Gasteiger partial charge in [0.15, 0.2) is 0 Å². The third-order valence-electron chi connectivity index (χ3n) is 5.24. The number of benzene rings is 3. The number of ether oxygens (including phenoxy) is 1. The SMILES string of the molecule is COc1ccc(-n2nc(CCC(=O)NCc3cc(F)cc(F)c3)cc2-c2ccc(F)cc2)cc1. The molecule has 1 aromatic heterocycles. The van der Waals surface area contributed by atoms with Crippen LogP contribution in [0.2, 0.25) is 0 Å². The van der Waals surface area contributed by atoms with E-state index < -0.39 is 11.6 Å². The first kappa shape index (κ1) is 23.1. The monoisotopic (exact) mass is 465 g/mol.